The summed E-state index contributed by atoms with van der Waals surface area (Å²) in [5.41, 5.74) is 3.36. The Labute approximate surface area is 122 Å². The molecule has 1 unspecified atom stereocenters. The number of hydrogen-bond donors (Lipinski definition) is 1. The smallest absolute Gasteiger partial charge is 0.116 e. The molecule has 0 bridgehead atoms. The van der Waals surface area contributed by atoms with E-state index in [1.807, 2.05) is 6.07 Å². The normalized spacial score (nSPS) is 12.9. The largest absolute Gasteiger partial charge is 0.197 e. The van der Waals surface area contributed by atoms with Crippen molar-refractivity contribution < 1.29 is 0 Å². The highest BCUT2D eigenvalue weighted by atomic mass is 15.3. The molecule has 0 aliphatic heterocycles. The van der Waals surface area contributed by atoms with Gasteiger partial charge in [0.05, 0.1) is 0 Å². The van der Waals surface area contributed by atoms with Crippen molar-refractivity contribution in [2.75, 3.05) is 0 Å². The number of aromatic nitrogens is 3. The van der Waals surface area contributed by atoms with Gasteiger partial charge in [-0.05, 0) is 24.0 Å². The monoisotopic (exact) mass is 273 g/mol. The molecule has 0 aliphatic rings. The first kappa shape index (κ1) is 15.0. The number of benzene rings is 1. The van der Waals surface area contributed by atoms with Crippen LogP contribution in [0.2, 0.25) is 0 Å². The molecule has 1 aromatic carbocycles. The van der Waals surface area contributed by atoms with Crippen LogP contribution in [0.5, 0.6) is 0 Å². The van der Waals surface area contributed by atoms with Crippen molar-refractivity contribution in [3.8, 4) is 0 Å². The molecule has 0 saturated heterocycles. The van der Waals surface area contributed by atoms with Gasteiger partial charge in [-0.25, -0.2) is 0 Å². The van der Waals surface area contributed by atoms with Crippen molar-refractivity contribution in [2.45, 2.75) is 71.1 Å². The van der Waals surface area contributed by atoms with Gasteiger partial charge in [0.15, 0.2) is 0 Å². The fourth-order valence-corrected chi connectivity index (χ4v) is 2.85. The average Bonchev–Trinajstić information content (AvgIpc) is 2.94. The predicted octanol–water partition coefficient (Wildman–Crippen LogP) is 5.20. The van der Waals surface area contributed by atoms with Gasteiger partial charge in [0.2, 0.25) is 0 Å². The van der Waals surface area contributed by atoms with E-state index < -0.39 is 0 Å². The Kier molecular flexibility index (Phi) is 6.03. The molecule has 1 heterocycles. The molecule has 2 rings (SSSR count). The first-order valence-electron chi connectivity index (χ1n) is 8.12. The SMILES string of the molecule is CCCCCCCCCC(C)c1cccc2n[nH]nc12. The third kappa shape index (κ3) is 4.06. The highest BCUT2D eigenvalue weighted by Crippen LogP contribution is 2.27. The lowest BCUT2D eigenvalue weighted by atomic mass is 9.93. The lowest BCUT2D eigenvalue weighted by Gasteiger charge is -2.11. The summed E-state index contributed by atoms with van der Waals surface area (Å²) in [6.07, 6.45) is 10.9. The van der Waals surface area contributed by atoms with Crippen LogP contribution in [-0.2, 0) is 0 Å². The van der Waals surface area contributed by atoms with Crippen molar-refractivity contribution in [1.29, 1.82) is 0 Å². The third-order valence-corrected chi connectivity index (χ3v) is 4.15. The van der Waals surface area contributed by atoms with E-state index in [1.54, 1.807) is 0 Å². The van der Waals surface area contributed by atoms with Gasteiger partial charge in [-0.3, -0.25) is 0 Å². The molecule has 2 aromatic rings. The zero-order chi connectivity index (χ0) is 14.2. The van der Waals surface area contributed by atoms with Gasteiger partial charge in [-0.2, -0.15) is 15.4 Å². The Morgan fingerprint density at radius 3 is 2.55 bits per heavy atom. The Bertz CT molecular complexity index is 504. The van der Waals surface area contributed by atoms with Gasteiger partial charge in [-0.15, -0.1) is 0 Å². The van der Waals surface area contributed by atoms with Crippen LogP contribution in [0.3, 0.4) is 0 Å². The van der Waals surface area contributed by atoms with Crippen LogP contribution < -0.4 is 0 Å². The van der Waals surface area contributed by atoms with Crippen molar-refractivity contribution in [2.24, 2.45) is 0 Å². The fraction of sp³-hybridized carbons (Fsp3) is 0.647. The number of fused-ring (bicyclic) bond motifs is 1. The van der Waals surface area contributed by atoms with Crippen molar-refractivity contribution >= 4 is 11.0 Å². The zero-order valence-corrected chi connectivity index (χ0v) is 12.9. The second-order valence-corrected chi connectivity index (χ2v) is 5.85. The Balaban J connectivity index is 1.75. The summed E-state index contributed by atoms with van der Waals surface area (Å²) in [5, 5.41) is 11.2. The van der Waals surface area contributed by atoms with Gasteiger partial charge < -0.3 is 0 Å². The molecule has 20 heavy (non-hydrogen) atoms. The molecule has 0 spiro atoms. The summed E-state index contributed by atoms with van der Waals surface area (Å²) in [6, 6.07) is 6.29. The molecule has 1 aromatic heterocycles. The molecule has 0 radical (unpaired) electrons. The predicted molar refractivity (Wildman–Crippen MR) is 84.9 cm³/mol. The van der Waals surface area contributed by atoms with Crippen molar-refractivity contribution in [1.82, 2.24) is 15.4 Å². The number of H-pyrrole nitrogens is 1. The Hall–Kier alpha value is -1.38. The fourth-order valence-electron chi connectivity index (χ4n) is 2.85. The maximum atomic E-state index is 4.28. The van der Waals surface area contributed by atoms with Gasteiger partial charge >= 0.3 is 0 Å². The number of nitrogens with zero attached hydrogens (tertiary/aromatic N) is 2. The molecule has 110 valence electrons. The average molecular weight is 273 g/mol. The number of rotatable bonds is 9. The highest BCUT2D eigenvalue weighted by Gasteiger charge is 2.11. The van der Waals surface area contributed by atoms with E-state index in [2.05, 4.69) is 41.4 Å². The van der Waals surface area contributed by atoms with Crippen LogP contribution in [0.1, 0.15) is 76.7 Å². The summed E-state index contributed by atoms with van der Waals surface area (Å²) in [5.74, 6) is 0.569. The highest BCUT2D eigenvalue weighted by molar-refractivity contribution is 5.77. The van der Waals surface area contributed by atoms with Gasteiger partial charge in [0.25, 0.3) is 0 Å². The molecule has 0 saturated carbocycles. The van der Waals surface area contributed by atoms with E-state index in [-0.39, 0.29) is 0 Å². The number of hydrogen-bond acceptors (Lipinski definition) is 2. The Morgan fingerprint density at radius 1 is 1.00 bits per heavy atom. The van der Waals surface area contributed by atoms with Crippen LogP contribution in [0.4, 0.5) is 0 Å². The summed E-state index contributed by atoms with van der Waals surface area (Å²) < 4.78 is 0. The number of para-hydroxylation sites is 1. The second kappa shape index (κ2) is 8.03. The molecule has 3 heteroatoms. The van der Waals surface area contributed by atoms with E-state index in [0.717, 1.165) is 11.0 Å². The summed E-state index contributed by atoms with van der Waals surface area (Å²) in [4.78, 5) is 0. The molecule has 0 fully saturated rings. The molecule has 0 aliphatic carbocycles. The topological polar surface area (TPSA) is 41.6 Å². The first-order valence-corrected chi connectivity index (χ1v) is 8.12. The molecule has 0 amide bonds. The third-order valence-electron chi connectivity index (χ3n) is 4.15. The molecular weight excluding hydrogens is 246 g/mol. The summed E-state index contributed by atoms with van der Waals surface area (Å²) >= 11 is 0. The summed E-state index contributed by atoms with van der Waals surface area (Å²) in [6.45, 7) is 4.58. The Morgan fingerprint density at radius 2 is 1.75 bits per heavy atom. The zero-order valence-electron chi connectivity index (χ0n) is 12.9. The molecule has 1 N–H and O–H groups in total. The van der Waals surface area contributed by atoms with E-state index in [0.29, 0.717) is 5.92 Å². The van der Waals surface area contributed by atoms with E-state index in [4.69, 9.17) is 0 Å². The van der Waals surface area contributed by atoms with Crippen LogP contribution in [0, 0.1) is 0 Å². The summed E-state index contributed by atoms with van der Waals surface area (Å²) in [7, 11) is 0. The molecule has 1 atom stereocenters. The number of aromatic amines is 1. The molecule has 3 nitrogen and oxygen atoms in total. The van der Waals surface area contributed by atoms with Gasteiger partial charge in [0, 0.05) is 0 Å². The van der Waals surface area contributed by atoms with E-state index in [9.17, 15) is 0 Å². The van der Waals surface area contributed by atoms with Crippen molar-refractivity contribution in [3.05, 3.63) is 23.8 Å². The minimum atomic E-state index is 0.569. The standard InChI is InChI=1S/C17H27N3/c1-3-4-5-6-7-8-9-11-14(2)15-12-10-13-16-17(15)19-20-18-16/h10,12-14H,3-9,11H2,1-2H3,(H,18,19,20). The lowest BCUT2D eigenvalue weighted by Crippen LogP contribution is -1.95. The lowest BCUT2D eigenvalue weighted by molar-refractivity contribution is 0.550. The minimum Gasteiger partial charge on any atom is -0.197 e. The minimum absolute atomic E-state index is 0.569. The van der Waals surface area contributed by atoms with Gasteiger partial charge in [0.1, 0.15) is 11.0 Å². The number of nitrogens with one attached hydrogen (secondary N) is 1. The number of unbranched alkanes of at least 4 members (excludes halogenated alkanes) is 6. The van der Waals surface area contributed by atoms with Crippen LogP contribution in [0.25, 0.3) is 11.0 Å². The quantitative estimate of drug-likeness (QED) is 0.638. The van der Waals surface area contributed by atoms with E-state index in [1.165, 1.54) is 56.9 Å². The molecular formula is C17H27N3. The van der Waals surface area contributed by atoms with E-state index >= 15 is 0 Å². The van der Waals surface area contributed by atoms with Gasteiger partial charge in [-0.1, -0.05) is 70.9 Å². The van der Waals surface area contributed by atoms with Crippen LogP contribution in [-0.4, -0.2) is 15.4 Å². The first-order chi connectivity index (χ1) is 9.83. The maximum Gasteiger partial charge on any atom is 0.116 e. The second-order valence-electron chi connectivity index (χ2n) is 5.85. The van der Waals surface area contributed by atoms with Crippen LogP contribution >= 0.6 is 0 Å². The van der Waals surface area contributed by atoms with Crippen molar-refractivity contribution in [3.63, 3.8) is 0 Å². The maximum absolute atomic E-state index is 4.28. The van der Waals surface area contributed by atoms with Crippen LogP contribution in [0.15, 0.2) is 18.2 Å².